The molecule has 3 rings (SSSR count). The zero-order chi connectivity index (χ0) is 16.9. The van der Waals surface area contributed by atoms with E-state index in [1.165, 1.54) is 0 Å². The fourth-order valence-electron chi connectivity index (χ4n) is 2.87. The number of carboxylic acid groups (broad SMARTS) is 1. The zero-order valence-corrected chi connectivity index (χ0v) is 13.2. The van der Waals surface area contributed by atoms with Gasteiger partial charge in [-0.3, -0.25) is 9.59 Å². The van der Waals surface area contributed by atoms with Crippen LogP contribution in [0, 0.1) is 5.92 Å². The number of carbonyl (C=O) groups excluding carboxylic acids is 1. The largest absolute Gasteiger partial charge is 0.483 e. The summed E-state index contributed by atoms with van der Waals surface area (Å²) in [6.45, 7) is 0.646. The second kappa shape index (κ2) is 7.17. The van der Waals surface area contributed by atoms with Gasteiger partial charge in [0.2, 0.25) is 0 Å². The summed E-state index contributed by atoms with van der Waals surface area (Å²) in [7, 11) is 0. The Balaban J connectivity index is 1.65. The first-order valence-corrected chi connectivity index (χ1v) is 7.93. The molecule has 1 aliphatic rings. The number of hydrogen-bond donors (Lipinski definition) is 1. The number of para-hydroxylation sites is 1. The Labute approximate surface area is 140 Å². The highest BCUT2D eigenvalue weighted by Crippen LogP contribution is 2.29. The van der Waals surface area contributed by atoms with E-state index >= 15 is 0 Å². The number of carbonyl (C=O) groups is 2. The lowest BCUT2D eigenvalue weighted by atomic mass is 10.1. The Kier molecular flexibility index (Phi) is 4.79. The normalized spacial score (nSPS) is 16.8. The summed E-state index contributed by atoms with van der Waals surface area (Å²) >= 11 is 0. The Bertz CT molecular complexity index is 729. The van der Waals surface area contributed by atoms with Crippen LogP contribution in [0.2, 0.25) is 0 Å². The molecule has 1 saturated heterocycles. The minimum atomic E-state index is -0.847. The summed E-state index contributed by atoms with van der Waals surface area (Å²) in [5.41, 5.74) is 1.95. The van der Waals surface area contributed by atoms with Gasteiger partial charge in [0.1, 0.15) is 5.75 Å². The second-order valence-electron chi connectivity index (χ2n) is 5.81. The van der Waals surface area contributed by atoms with Crippen LogP contribution in [-0.2, 0) is 9.59 Å². The molecular formula is C19H19NO4. The van der Waals surface area contributed by atoms with Gasteiger partial charge in [-0.1, -0.05) is 48.5 Å². The maximum atomic E-state index is 12.2. The number of benzene rings is 2. The van der Waals surface area contributed by atoms with E-state index in [0.717, 1.165) is 11.1 Å². The summed E-state index contributed by atoms with van der Waals surface area (Å²) in [4.78, 5) is 24.8. The molecule has 5 nitrogen and oxygen atoms in total. The van der Waals surface area contributed by atoms with Crippen LogP contribution < -0.4 is 4.74 Å². The van der Waals surface area contributed by atoms with Gasteiger partial charge in [-0.25, -0.2) is 0 Å². The van der Waals surface area contributed by atoms with Crippen molar-refractivity contribution in [3.05, 3.63) is 54.6 Å². The molecule has 1 heterocycles. The standard InChI is InChI=1S/C19H19NO4/c21-18(20-11-10-15(12-20)19(22)23)13-24-17-9-5-4-8-16(17)14-6-2-1-3-7-14/h1-9,15H,10-13H2,(H,22,23)/t15-/m1/s1. The van der Waals surface area contributed by atoms with Crippen molar-refractivity contribution in [1.82, 2.24) is 4.90 Å². The van der Waals surface area contributed by atoms with Crippen molar-refractivity contribution in [2.24, 2.45) is 5.92 Å². The van der Waals surface area contributed by atoms with Crippen LogP contribution in [0.3, 0.4) is 0 Å². The van der Waals surface area contributed by atoms with E-state index in [9.17, 15) is 9.59 Å². The third-order valence-electron chi connectivity index (χ3n) is 4.21. The fourth-order valence-corrected chi connectivity index (χ4v) is 2.87. The van der Waals surface area contributed by atoms with Crippen LogP contribution in [-0.4, -0.2) is 41.6 Å². The van der Waals surface area contributed by atoms with Gasteiger partial charge in [-0.2, -0.15) is 0 Å². The molecule has 2 aromatic carbocycles. The third-order valence-corrected chi connectivity index (χ3v) is 4.21. The van der Waals surface area contributed by atoms with Gasteiger partial charge >= 0.3 is 5.97 Å². The number of carboxylic acids is 1. The van der Waals surface area contributed by atoms with Crippen LogP contribution >= 0.6 is 0 Å². The van der Waals surface area contributed by atoms with Crippen LogP contribution in [0.5, 0.6) is 5.75 Å². The summed E-state index contributed by atoms with van der Waals surface area (Å²) < 4.78 is 5.72. The lowest BCUT2D eigenvalue weighted by molar-refractivity contribution is -0.141. The number of likely N-dealkylation sites (tertiary alicyclic amines) is 1. The van der Waals surface area contributed by atoms with Crippen molar-refractivity contribution in [3.63, 3.8) is 0 Å². The smallest absolute Gasteiger partial charge is 0.308 e. The molecule has 1 amide bonds. The number of hydrogen-bond acceptors (Lipinski definition) is 3. The highest BCUT2D eigenvalue weighted by Gasteiger charge is 2.30. The highest BCUT2D eigenvalue weighted by atomic mass is 16.5. The fraction of sp³-hybridized carbons (Fsp3) is 0.263. The van der Waals surface area contributed by atoms with Crippen LogP contribution in [0.4, 0.5) is 0 Å². The maximum Gasteiger partial charge on any atom is 0.308 e. The van der Waals surface area contributed by atoms with Crippen molar-refractivity contribution in [2.45, 2.75) is 6.42 Å². The van der Waals surface area contributed by atoms with Crippen molar-refractivity contribution in [1.29, 1.82) is 0 Å². The molecule has 0 spiro atoms. The van der Waals surface area contributed by atoms with Gasteiger partial charge in [0, 0.05) is 18.7 Å². The first-order valence-electron chi connectivity index (χ1n) is 7.93. The molecule has 5 heteroatoms. The maximum absolute atomic E-state index is 12.2. The van der Waals surface area contributed by atoms with E-state index in [1.807, 2.05) is 54.6 Å². The van der Waals surface area contributed by atoms with Gasteiger partial charge in [0.05, 0.1) is 5.92 Å². The first-order chi connectivity index (χ1) is 11.6. The van der Waals surface area contributed by atoms with E-state index in [4.69, 9.17) is 9.84 Å². The second-order valence-corrected chi connectivity index (χ2v) is 5.81. The summed E-state index contributed by atoms with van der Waals surface area (Å²) in [6.07, 6.45) is 0.502. The Morgan fingerprint density at radius 1 is 1.08 bits per heavy atom. The summed E-state index contributed by atoms with van der Waals surface area (Å²) in [6, 6.07) is 17.4. The SMILES string of the molecule is O=C(O)[C@@H]1CCN(C(=O)COc2ccccc2-c2ccccc2)C1. The monoisotopic (exact) mass is 325 g/mol. The predicted octanol–water partition coefficient (Wildman–Crippen LogP) is 2.67. The van der Waals surface area contributed by atoms with E-state index in [-0.39, 0.29) is 19.1 Å². The highest BCUT2D eigenvalue weighted by molar-refractivity contribution is 5.80. The number of amides is 1. The van der Waals surface area contributed by atoms with Crippen LogP contribution in [0.1, 0.15) is 6.42 Å². The minimum absolute atomic E-state index is 0.0871. The molecule has 1 N–H and O–H groups in total. The van der Waals surface area contributed by atoms with Gasteiger partial charge in [-0.15, -0.1) is 0 Å². The molecule has 124 valence electrons. The lowest BCUT2D eigenvalue weighted by Crippen LogP contribution is -2.33. The van der Waals surface area contributed by atoms with Crippen molar-refractivity contribution in [3.8, 4) is 16.9 Å². The Morgan fingerprint density at radius 3 is 2.50 bits per heavy atom. The van der Waals surface area contributed by atoms with Gasteiger partial charge in [0.25, 0.3) is 5.91 Å². The Morgan fingerprint density at radius 2 is 1.79 bits per heavy atom. The average molecular weight is 325 g/mol. The topological polar surface area (TPSA) is 66.8 Å². The molecular weight excluding hydrogens is 306 g/mol. The van der Waals surface area contributed by atoms with E-state index in [1.54, 1.807) is 4.90 Å². The minimum Gasteiger partial charge on any atom is -0.483 e. The summed E-state index contributed by atoms with van der Waals surface area (Å²) in [5.74, 6) is -0.848. The van der Waals surface area contributed by atoms with Crippen LogP contribution in [0.15, 0.2) is 54.6 Å². The molecule has 24 heavy (non-hydrogen) atoms. The number of rotatable bonds is 5. The molecule has 1 aliphatic heterocycles. The van der Waals surface area contributed by atoms with Gasteiger partial charge in [-0.05, 0) is 18.1 Å². The predicted molar refractivity (Wildman–Crippen MR) is 89.7 cm³/mol. The van der Waals surface area contributed by atoms with Crippen molar-refractivity contribution >= 4 is 11.9 Å². The number of nitrogens with zero attached hydrogens (tertiary/aromatic N) is 1. The first kappa shape index (κ1) is 16.1. The quantitative estimate of drug-likeness (QED) is 0.918. The van der Waals surface area contributed by atoms with Gasteiger partial charge < -0.3 is 14.7 Å². The molecule has 0 unspecified atom stereocenters. The molecule has 0 radical (unpaired) electrons. The zero-order valence-electron chi connectivity index (χ0n) is 13.2. The van der Waals surface area contributed by atoms with Crippen LogP contribution in [0.25, 0.3) is 11.1 Å². The summed E-state index contributed by atoms with van der Waals surface area (Å²) in [5, 5.41) is 9.01. The molecule has 1 fully saturated rings. The molecule has 1 atom stereocenters. The van der Waals surface area contributed by atoms with E-state index < -0.39 is 11.9 Å². The molecule has 0 saturated carbocycles. The Hall–Kier alpha value is -2.82. The third kappa shape index (κ3) is 3.56. The molecule has 2 aromatic rings. The van der Waals surface area contributed by atoms with Crippen molar-refractivity contribution < 1.29 is 19.4 Å². The lowest BCUT2D eigenvalue weighted by Gasteiger charge is -2.17. The number of aliphatic carboxylic acids is 1. The van der Waals surface area contributed by atoms with Gasteiger partial charge in [0.15, 0.2) is 6.61 Å². The molecule has 0 aliphatic carbocycles. The molecule has 0 aromatic heterocycles. The van der Waals surface area contributed by atoms with Crippen molar-refractivity contribution in [2.75, 3.05) is 19.7 Å². The van der Waals surface area contributed by atoms with E-state index in [0.29, 0.717) is 18.7 Å². The molecule has 0 bridgehead atoms. The average Bonchev–Trinajstić information content (AvgIpc) is 3.11. The number of ether oxygens (including phenoxy) is 1. The van der Waals surface area contributed by atoms with E-state index in [2.05, 4.69) is 0 Å².